The van der Waals surface area contributed by atoms with Gasteiger partial charge in [0.2, 0.25) is 5.91 Å². The number of carbonyl (C=O) groups excluding carboxylic acids is 1. The third-order valence-electron chi connectivity index (χ3n) is 8.05. The molecule has 1 amide bonds. The van der Waals surface area contributed by atoms with Gasteiger partial charge in [0.25, 0.3) is 0 Å². The summed E-state index contributed by atoms with van der Waals surface area (Å²) in [5, 5.41) is 10.1. The van der Waals surface area contributed by atoms with Crippen molar-refractivity contribution in [3.05, 3.63) is 82.6 Å². The zero-order valence-corrected chi connectivity index (χ0v) is 23.6. The van der Waals surface area contributed by atoms with Crippen molar-refractivity contribution in [3.63, 3.8) is 0 Å². The van der Waals surface area contributed by atoms with E-state index >= 15 is 4.39 Å². The molecule has 0 aliphatic heterocycles. The zero-order chi connectivity index (χ0) is 29.7. The van der Waals surface area contributed by atoms with Crippen molar-refractivity contribution in [1.82, 2.24) is 9.55 Å². The fourth-order valence-electron chi connectivity index (χ4n) is 5.84. The molecule has 1 aromatic heterocycles. The van der Waals surface area contributed by atoms with Crippen molar-refractivity contribution in [2.45, 2.75) is 64.0 Å². The molecule has 1 saturated carbocycles. The number of anilines is 1. The maximum atomic E-state index is 16.0. The van der Waals surface area contributed by atoms with Gasteiger partial charge in [-0.2, -0.15) is 0 Å². The van der Waals surface area contributed by atoms with Crippen molar-refractivity contribution in [1.29, 1.82) is 0 Å². The fourth-order valence-corrected chi connectivity index (χ4v) is 5.97. The number of imidazole rings is 1. The standard InChI is InChI=1S/C31H29ClF3N3O3/c1-18(39)37(26-12-9-20(15-24(26)35)30(2,3)29(40)41)31(13-5-4-6-14-31)38-27-17-23(34)22(33)16-25(27)36-28(38)19-7-10-21(32)11-8-19/h7-12,15-17H,4-6,13-14H2,1-3H3,(H,40,41). The van der Waals surface area contributed by atoms with Gasteiger partial charge in [0.15, 0.2) is 11.6 Å². The highest BCUT2D eigenvalue weighted by atomic mass is 35.5. The van der Waals surface area contributed by atoms with Crippen LogP contribution in [0.25, 0.3) is 22.4 Å². The fraction of sp³-hybridized carbons (Fsp3) is 0.323. The second-order valence-electron chi connectivity index (χ2n) is 11.0. The normalized spacial score (nSPS) is 15.2. The Morgan fingerprint density at radius 1 is 0.951 bits per heavy atom. The first-order chi connectivity index (χ1) is 19.4. The summed E-state index contributed by atoms with van der Waals surface area (Å²) in [7, 11) is 0. The van der Waals surface area contributed by atoms with Gasteiger partial charge in [0.1, 0.15) is 17.3 Å². The van der Waals surface area contributed by atoms with Crippen LogP contribution in [0.2, 0.25) is 5.02 Å². The molecule has 3 aromatic carbocycles. The number of aliphatic carboxylic acids is 1. The topological polar surface area (TPSA) is 75.4 Å². The summed E-state index contributed by atoms with van der Waals surface area (Å²) in [5.41, 5.74) is -1.38. The Kier molecular flexibility index (Phi) is 7.36. The maximum Gasteiger partial charge on any atom is 0.313 e. The Bertz CT molecular complexity index is 1660. The van der Waals surface area contributed by atoms with E-state index in [0.29, 0.717) is 42.1 Å². The van der Waals surface area contributed by atoms with E-state index in [4.69, 9.17) is 11.6 Å². The van der Waals surface area contributed by atoms with Crippen LogP contribution in [-0.2, 0) is 20.7 Å². The monoisotopic (exact) mass is 583 g/mol. The molecule has 1 fully saturated rings. The van der Waals surface area contributed by atoms with Crippen LogP contribution in [-0.4, -0.2) is 26.5 Å². The first kappa shape index (κ1) is 28.7. The van der Waals surface area contributed by atoms with Gasteiger partial charge < -0.3 is 5.11 Å². The molecule has 41 heavy (non-hydrogen) atoms. The highest BCUT2D eigenvalue weighted by molar-refractivity contribution is 6.30. The molecule has 1 N–H and O–H groups in total. The van der Waals surface area contributed by atoms with E-state index in [1.807, 2.05) is 0 Å². The van der Waals surface area contributed by atoms with E-state index < -0.39 is 40.4 Å². The number of carbonyl (C=O) groups is 2. The van der Waals surface area contributed by atoms with Gasteiger partial charge in [-0.05, 0) is 81.5 Å². The van der Waals surface area contributed by atoms with E-state index in [0.717, 1.165) is 24.6 Å². The molecule has 10 heteroatoms. The third-order valence-corrected chi connectivity index (χ3v) is 8.30. The van der Waals surface area contributed by atoms with E-state index in [1.54, 1.807) is 28.8 Å². The molecule has 6 nitrogen and oxygen atoms in total. The summed E-state index contributed by atoms with van der Waals surface area (Å²) in [5.74, 6) is -4.15. The number of halogens is 4. The lowest BCUT2D eigenvalue weighted by atomic mass is 9.83. The number of nitrogens with zero attached hydrogens (tertiary/aromatic N) is 3. The Morgan fingerprint density at radius 3 is 2.17 bits per heavy atom. The maximum absolute atomic E-state index is 16.0. The van der Waals surface area contributed by atoms with Crippen molar-refractivity contribution < 1.29 is 27.9 Å². The summed E-state index contributed by atoms with van der Waals surface area (Å²) in [6.45, 7) is 4.27. The number of hydrogen-bond acceptors (Lipinski definition) is 3. The Hall–Kier alpha value is -3.85. The summed E-state index contributed by atoms with van der Waals surface area (Å²) in [6.07, 6.45) is 3.00. The molecule has 1 heterocycles. The Balaban J connectivity index is 1.82. The molecule has 5 rings (SSSR count). The van der Waals surface area contributed by atoms with E-state index in [-0.39, 0.29) is 22.3 Å². The van der Waals surface area contributed by atoms with Crippen LogP contribution >= 0.6 is 11.6 Å². The molecule has 214 valence electrons. The average molecular weight is 584 g/mol. The largest absolute Gasteiger partial charge is 0.481 e. The first-order valence-electron chi connectivity index (χ1n) is 13.3. The summed E-state index contributed by atoms with van der Waals surface area (Å²) >= 11 is 6.13. The van der Waals surface area contributed by atoms with Crippen LogP contribution in [0.4, 0.5) is 18.9 Å². The van der Waals surface area contributed by atoms with Crippen LogP contribution < -0.4 is 4.90 Å². The smallest absolute Gasteiger partial charge is 0.313 e. The quantitative estimate of drug-likeness (QED) is 0.251. The summed E-state index contributed by atoms with van der Waals surface area (Å²) < 4.78 is 46.8. The molecule has 0 radical (unpaired) electrons. The molecule has 0 atom stereocenters. The average Bonchev–Trinajstić information content (AvgIpc) is 3.29. The summed E-state index contributed by atoms with van der Waals surface area (Å²) in [4.78, 5) is 31.4. The number of fused-ring (bicyclic) bond motifs is 1. The van der Waals surface area contributed by atoms with Gasteiger partial charge in [-0.25, -0.2) is 18.2 Å². The summed E-state index contributed by atoms with van der Waals surface area (Å²) in [6, 6.07) is 12.9. The number of hydrogen-bond donors (Lipinski definition) is 1. The first-order valence-corrected chi connectivity index (χ1v) is 13.7. The van der Waals surface area contributed by atoms with Gasteiger partial charge in [0.05, 0.1) is 22.1 Å². The van der Waals surface area contributed by atoms with Crippen LogP contribution in [0, 0.1) is 17.5 Å². The number of rotatable bonds is 6. The molecule has 1 aliphatic rings. The van der Waals surface area contributed by atoms with E-state index in [2.05, 4.69) is 4.98 Å². The van der Waals surface area contributed by atoms with Crippen LogP contribution in [0.15, 0.2) is 54.6 Å². The lowest BCUT2D eigenvalue weighted by Crippen LogP contribution is -2.55. The lowest BCUT2D eigenvalue weighted by molar-refractivity contribution is -0.142. The number of carboxylic acids is 1. The predicted molar refractivity (Wildman–Crippen MR) is 151 cm³/mol. The molecule has 0 spiro atoms. The van der Waals surface area contributed by atoms with Crippen LogP contribution in [0.1, 0.15) is 58.4 Å². The van der Waals surface area contributed by atoms with Crippen molar-refractivity contribution >= 4 is 40.2 Å². The number of carboxylic acid groups (broad SMARTS) is 1. The van der Waals surface area contributed by atoms with Gasteiger partial charge in [0, 0.05) is 29.6 Å². The highest BCUT2D eigenvalue weighted by Crippen LogP contribution is 2.46. The Labute approximate surface area is 240 Å². The molecule has 0 saturated heterocycles. The zero-order valence-electron chi connectivity index (χ0n) is 22.8. The van der Waals surface area contributed by atoms with E-state index in [1.165, 1.54) is 37.8 Å². The second kappa shape index (κ2) is 10.5. The minimum Gasteiger partial charge on any atom is -0.481 e. The van der Waals surface area contributed by atoms with Gasteiger partial charge in [-0.1, -0.05) is 24.1 Å². The van der Waals surface area contributed by atoms with Gasteiger partial charge in [-0.3, -0.25) is 19.1 Å². The molecular formula is C31H29ClF3N3O3. The number of amides is 1. The van der Waals surface area contributed by atoms with Crippen molar-refractivity contribution in [2.75, 3.05) is 4.90 Å². The third kappa shape index (κ3) is 4.86. The van der Waals surface area contributed by atoms with Gasteiger partial charge >= 0.3 is 5.97 Å². The van der Waals surface area contributed by atoms with E-state index in [9.17, 15) is 23.5 Å². The molecular weight excluding hydrogens is 555 g/mol. The Morgan fingerprint density at radius 2 is 1.59 bits per heavy atom. The van der Waals surface area contributed by atoms with Crippen LogP contribution in [0.3, 0.4) is 0 Å². The molecule has 0 bridgehead atoms. The SMILES string of the molecule is CC(=O)N(c1ccc(C(C)(C)C(=O)O)cc1F)C1(n2c(-c3ccc(Cl)cc3)nc3cc(F)c(F)cc32)CCCCC1. The minimum atomic E-state index is -1.37. The predicted octanol–water partition coefficient (Wildman–Crippen LogP) is 7.81. The van der Waals surface area contributed by atoms with Crippen molar-refractivity contribution in [3.8, 4) is 11.4 Å². The lowest BCUT2D eigenvalue weighted by Gasteiger charge is -2.48. The molecule has 1 aliphatic carbocycles. The van der Waals surface area contributed by atoms with Gasteiger partial charge in [-0.15, -0.1) is 0 Å². The highest BCUT2D eigenvalue weighted by Gasteiger charge is 2.46. The van der Waals surface area contributed by atoms with Crippen molar-refractivity contribution in [2.24, 2.45) is 0 Å². The molecule has 4 aromatic rings. The number of benzene rings is 3. The minimum absolute atomic E-state index is 0.0455. The number of aromatic nitrogens is 2. The second-order valence-corrected chi connectivity index (χ2v) is 11.5. The van der Waals surface area contributed by atoms with Crippen LogP contribution in [0.5, 0.6) is 0 Å². The molecule has 0 unspecified atom stereocenters.